The Balaban J connectivity index is 2.42. The van der Waals surface area contributed by atoms with Gasteiger partial charge in [-0.1, -0.05) is 0 Å². The van der Waals surface area contributed by atoms with E-state index in [-0.39, 0.29) is 12.2 Å². The Hall–Kier alpha value is -2.18. The minimum absolute atomic E-state index is 0.231. The third-order valence-corrected chi connectivity index (χ3v) is 2.28. The highest BCUT2D eigenvalue weighted by Gasteiger charge is 2.33. The van der Waals surface area contributed by atoms with E-state index in [0.717, 1.165) is 10.7 Å². The molecule has 2 rings (SSSR count). The van der Waals surface area contributed by atoms with Crippen molar-refractivity contribution in [3.05, 3.63) is 58.3 Å². The van der Waals surface area contributed by atoms with Crippen molar-refractivity contribution in [1.29, 1.82) is 0 Å². The maximum absolute atomic E-state index is 12.7. The summed E-state index contributed by atoms with van der Waals surface area (Å²) in [6.45, 7) is -0.310. The Kier molecular flexibility index (Phi) is 3.14. The molecule has 0 saturated heterocycles. The van der Waals surface area contributed by atoms with Crippen LogP contribution in [0.25, 0.3) is 0 Å². The molecule has 0 N–H and O–H groups in total. The van der Waals surface area contributed by atoms with Crippen molar-refractivity contribution in [3.8, 4) is 0 Å². The summed E-state index contributed by atoms with van der Waals surface area (Å²) in [6, 6.07) is 4.77. The van der Waals surface area contributed by atoms with E-state index in [0.29, 0.717) is 0 Å². The fraction of sp³-hybridized carbons (Fsp3) is 0.182. The molecule has 94 valence electrons. The second-order valence-electron chi connectivity index (χ2n) is 3.51. The number of hydrogen-bond donors (Lipinski definition) is 0. The summed E-state index contributed by atoms with van der Waals surface area (Å²) in [6.07, 6.45) is -1.92. The summed E-state index contributed by atoms with van der Waals surface area (Å²) >= 11 is 0. The predicted octanol–water partition coefficient (Wildman–Crippen LogP) is 1.71. The van der Waals surface area contributed by atoms with Crippen molar-refractivity contribution in [2.75, 3.05) is 0 Å². The number of halogens is 3. The van der Waals surface area contributed by atoms with Crippen LogP contribution < -0.4 is 5.56 Å². The van der Waals surface area contributed by atoms with E-state index in [1.54, 1.807) is 0 Å². The molecule has 7 heteroatoms. The quantitative estimate of drug-likeness (QED) is 0.820. The number of aromatic nitrogens is 3. The standard InChI is InChI=1S/C11H8F3N3O/c12-11(13,14)8-3-1-5-15-9(8)7-17-10(18)4-2-6-16-17/h1-6H,7H2. The lowest BCUT2D eigenvalue weighted by Crippen LogP contribution is -2.24. The number of rotatable bonds is 2. The lowest BCUT2D eigenvalue weighted by molar-refractivity contribution is -0.138. The Bertz CT molecular complexity index is 607. The van der Waals surface area contributed by atoms with E-state index >= 15 is 0 Å². The van der Waals surface area contributed by atoms with Crippen LogP contribution >= 0.6 is 0 Å². The van der Waals surface area contributed by atoms with Crippen molar-refractivity contribution in [2.24, 2.45) is 0 Å². The van der Waals surface area contributed by atoms with E-state index in [2.05, 4.69) is 10.1 Å². The molecular weight excluding hydrogens is 247 g/mol. The molecule has 0 radical (unpaired) electrons. The van der Waals surface area contributed by atoms with Gasteiger partial charge in [0.15, 0.2) is 0 Å². The molecule has 0 aliphatic carbocycles. The van der Waals surface area contributed by atoms with Crippen molar-refractivity contribution in [1.82, 2.24) is 14.8 Å². The third-order valence-electron chi connectivity index (χ3n) is 2.28. The molecule has 2 heterocycles. The van der Waals surface area contributed by atoms with E-state index in [4.69, 9.17) is 0 Å². The van der Waals surface area contributed by atoms with Crippen molar-refractivity contribution in [2.45, 2.75) is 12.7 Å². The SMILES string of the molecule is O=c1cccnn1Cc1ncccc1C(F)(F)F. The molecular formula is C11H8F3N3O. The van der Waals surface area contributed by atoms with Gasteiger partial charge in [-0.25, -0.2) is 4.68 Å². The van der Waals surface area contributed by atoms with Crippen LogP contribution in [0.15, 0.2) is 41.5 Å². The minimum Gasteiger partial charge on any atom is -0.268 e. The highest BCUT2D eigenvalue weighted by Crippen LogP contribution is 2.30. The monoisotopic (exact) mass is 255 g/mol. The Morgan fingerprint density at radius 3 is 2.56 bits per heavy atom. The highest BCUT2D eigenvalue weighted by atomic mass is 19.4. The van der Waals surface area contributed by atoms with Gasteiger partial charge in [0.2, 0.25) is 0 Å². The van der Waals surface area contributed by atoms with E-state index in [1.165, 1.54) is 30.6 Å². The average molecular weight is 255 g/mol. The van der Waals surface area contributed by atoms with Gasteiger partial charge in [0.1, 0.15) is 0 Å². The average Bonchev–Trinajstić information content (AvgIpc) is 2.31. The van der Waals surface area contributed by atoms with Crippen molar-refractivity contribution >= 4 is 0 Å². The van der Waals surface area contributed by atoms with Crippen molar-refractivity contribution in [3.63, 3.8) is 0 Å². The fourth-order valence-corrected chi connectivity index (χ4v) is 1.47. The molecule has 0 aliphatic heterocycles. The fourth-order valence-electron chi connectivity index (χ4n) is 1.47. The van der Waals surface area contributed by atoms with Crippen LogP contribution in [0.5, 0.6) is 0 Å². The Labute approximate surface area is 99.7 Å². The van der Waals surface area contributed by atoms with Gasteiger partial charge in [-0.3, -0.25) is 9.78 Å². The number of pyridine rings is 1. The summed E-state index contributed by atoms with van der Waals surface area (Å²) in [5.41, 5.74) is -1.57. The van der Waals surface area contributed by atoms with Crippen molar-refractivity contribution < 1.29 is 13.2 Å². The summed E-state index contributed by atoms with van der Waals surface area (Å²) in [4.78, 5) is 15.0. The first-order chi connectivity index (χ1) is 8.48. The minimum atomic E-state index is -4.50. The number of nitrogens with zero attached hydrogens (tertiary/aromatic N) is 3. The van der Waals surface area contributed by atoms with E-state index in [9.17, 15) is 18.0 Å². The second-order valence-corrected chi connectivity index (χ2v) is 3.51. The van der Waals surface area contributed by atoms with E-state index in [1.807, 2.05) is 0 Å². The largest absolute Gasteiger partial charge is 0.418 e. The molecule has 0 amide bonds. The summed E-state index contributed by atoms with van der Waals surface area (Å²) < 4.78 is 39.0. The van der Waals surface area contributed by atoms with Crippen LogP contribution in [0, 0.1) is 0 Å². The maximum atomic E-state index is 12.7. The number of hydrogen-bond acceptors (Lipinski definition) is 3. The molecule has 0 aliphatic rings. The van der Waals surface area contributed by atoms with Gasteiger partial charge < -0.3 is 0 Å². The molecule has 0 unspecified atom stereocenters. The normalized spacial score (nSPS) is 11.5. The number of alkyl halides is 3. The molecule has 2 aromatic heterocycles. The van der Waals surface area contributed by atoms with Gasteiger partial charge >= 0.3 is 6.18 Å². The predicted molar refractivity (Wildman–Crippen MR) is 56.8 cm³/mol. The summed E-state index contributed by atoms with van der Waals surface area (Å²) in [5, 5.41) is 3.69. The molecule has 2 aromatic rings. The van der Waals surface area contributed by atoms with Crippen LogP contribution in [0.4, 0.5) is 13.2 Å². The van der Waals surface area contributed by atoms with Crippen LogP contribution in [0.3, 0.4) is 0 Å². The first-order valence-corrected chi connectivity index (χ1v) is 5.02. The second kappa shape index (κ2) is 4.59. The van der Waals surface area contributed by atoms with Crippen LogP contribution in [-0.2, 0) is 12.7 Å². The van der Waals surface area contributed by atoms with Crippen LogP contribution in [-0.4, -0.2) is 14.8 Å². The lowest BCUT2D eigenvalue weighted by Gasteiger charge is -2.11. The molecule has 18 heavy (non-hydrogen) atoms. The zero-order valence-corrected chi connectivity index (χ0v) is 9.05. The van der Waals surface area contributed by atoms with Crippen LogP contribution in [0.2, 0.25) is 0 Å². The van der Waals surface area contributed by atoms with Gasteiger partial charge in [-0.2, -0.15) is 18.3 Å². The molecule has 0 saturated carbocycles. The zero-order valence-electron chi connectivity index (χ0n) is 9.05. The smallest absolute Gasteiger partial charge is 0.268 e. The van der Waals surface area contributed by atoms with Gasteiger partial charge in [-0.05, 0) is 18.2 Å². The maximum Gasteiger partial charge on any atom is 0.418 e. The molecule has 0 aromatic carbocycles. The zero-order chi connectivity index (χ0) is 13.2. The lowest BCUT2D eigenvalue weighted by atomic mass is 10.2. The summed E-state index contributed by atoms with van der Waals surface area (Å²) in [5.74, 6) is 0. The molecule has 0 spiro atoms. The molecule has 4 nitrogen and oxygen atoms in total. The summed E-state index contributed by atoms with van der Waals surface area (Å²) in [7, 11) is 0. The van der Waals surface area contributed by atoms with Crippen LogP contribution in [0.1, 0.15) is 11.3 Å². The van der Waals surface area contributed by atoms with Gasteiger partial charge in [-0.15, -0.1) is 0 Å². The molecule has 0 atom stereocenters. The first kappa shape index (κ1) is 12.3. The molecule has 0 fully saturated rings. The topological polar surface area (TPSA) is 47.8 Å². The first-order valence-electron chi connectivity index (χ1n) is 5.02. The highest BCUT2D eigenvalue weighted by molar-refractivity contribution is 5.23. The van der Waals surface area contributed by atoms with Gasteiger partial charge in [0.25, 0.3) is 5.56 Å². The Morgan fingerprint density at radius 1 is 1.17 bits per heavy atom. The Morgan fingerprint density at radius 2 is 1.89 bits per heavy atom. The van der Waals surface area contributed by atoms with Gasteiger partial charge in [0.05, 0.1) is 17.8 Å². The van der Waals surface area contributed by atoms with Gasteiger partial charge in [0, 0.05) is 18.5 Å². The molecule has 0 bridgehead atoms. The third kappa shape index (κ3) is 2.55. The van der Waals surface area contributed by atoms with E-state index < -0.39 is 17.3 Å².